The molecule has 0 bridgehead atoms. The number of para-hydroxylation sites is 1. The lowest BCUT2D eigenvalue weighted by molar-refractivity contribution is -0.135. The molecule has 0 saturated carbocycles. The molecule has 1 aromatic rings. The number of anilines is 1. The van der Waals surface area contributed by atoms with E-state index in [1.165, 1.54) is 6.07 Å². The van der Waals surface area contributed by atoms with Crippen LogP contribution < -0.4 is 4.90 Å². The van der Waals surface area contributed by atoms with Crippen molar-refractivity contribution in [1.82, 2.24) is 9.80 Å². The van der Waals surface area contributed by atoms with Gasteiger partial charge in [-0.2, -0.15) is 0 Å². The van der Waals surface area contributed by atoms with Crippen LogP contribution in [0.3, 0.4) is 0 Å². The molecule has 22 heavy (non-hydrogen) atoms. The summed E-state index contributed by atoms with van der Waals surface area (Å²) in [5.41, 5.74) is 0.667. The van der Waals surface area contributed by atoms with Gasteiger partial charge in [-0.3, -0.25) is 9.69 Å². The summed E-state index contributed by atoms with van der Waals surface area (Å²) in [4.78, 5) is 18.7. The molecule has 2 saturated heterocycles. The maximum atomic E-state index is 13.8. The summed E-state index contributed by atoms with van der Waals surface area (Å²) in [6.45, 7) is 6.93. The van der Waals surface area contributed by atoms with E-state index in [0.717, 1.165) is 52.1 Å². The molecule has 2 aliphatic rings. The zero-order valence-electron chi connectivity index (χ0n) is 13.2. The lowest BCUT2D eigenvalue weighted by atomic mass is 10.2. The van der Waals surface area contributed by atoms with Crippen LogP contribution in [-0.2, 0) is 4.79 Å². The van der Waals surface area contributed by atoms with Gasteiger partial charge in [0.1, 0.15) is 5.82 Å². The molecule has 1 amide bonds. The van der Waals surface area contributed by atoms with E-state index < -0.39 is 0 Å². The summed E-state index contributed by atoms with van der Waals surface area (Å²) < 4.78 is 13.8. The molecular formula is C17H24FN3O. The summed E-state index contributed by atoms with van der Waals surface area (Å²) in [7, 11) is 0. The van der Waals surface area contributed by atoms with Crippen LogP contribution in [0.2, 0.25) is 0 Å². The fourth-order valence-electron chi connectivity index (χ4n) is 3.42. The Bertz CT molecular complexity index is 522. The predicted molar refractivity (Wildman–Crippen MR) is 85.5 cm³/mol. The Labute approximate surface area is 131 Å². The molecule has 0 radical (unpaired) electrons. The fraction of sp³-hybridized carbons (Fsp3) is 0.588. The number of hydrogen-bond donors (Lipinski definition) is 0. The van der Waals surface area contributed by atoms with Gasteiger partial charge in [0.2, 0.25) is 5.91 Å². The van der Waals surface area contributed by atoms with E-state index in [0.29, 0.717) is 5.69 Å². The second-order valence-electron chi connectivity index (χ2n) is 6.18. The molecule has 5 heteroatoms. The van der Waals surface area contributed by atoms with Gasteiger partial charge in [-0.1, -0.05) is 12.1 Å². The molecular weight excluding hydrogens is 281 g/mol. The third-order valence-corrected chi connectivity index (χ3v) is 4.83. The Kier molecular flexibility index (Phi) is 4.62. The summed E-state index contributed by atoms with van der Waals surface area (Å²) in [6, 6.07) is 6.84. The van der Waals surface area contributed by atoms with Crippen molar-refractivity contribution in [3.05, 3.63) is 30.1 Å². The quantitative estimate of drug-likeness (QED) is 0.854. The normalized spacial score (nSPS) is 21.2. The molecule has 120 valence electrons. The third-order valence-electron chi connectivity index (χ3n) is 4.83. The zero-order valence-corrected chi connectivity index (χ0v) is 13.2. The number of likely N-dealkylation sites (tertiary alicyclic amines) is 1. The van der Waals surface area contributed by atoms with Gasteiger partial charge in [0.25, 0.3) is 0 Å². The molecule has 0 unspecified atom stereocenters. The molecule has 1 aromatic carbocycles. The van der Waals surface area contributed by atoms with E-state index in [4.69, 9.17) is 0 Å². The number of nitrogens with zero attached hydrogens (tertiary/aromatic N) is 3. The first kappa shape index (κ1) is 15.3. The van der Waals surface area contributed by atoms with Crippen molar-refractivity contribution in [3.63, 3.8) is 0 Å². The van der Waals surface area contributed by atoms with Crippen LogP contribution in [0.5, 0.6) is 0 Å². The lowest BCUT2D eigenvalue weighted by Crippen LogP contribution is -2.54. The summed E-state index contributed by atoms with van der Waals surface area (Å²) >= 11 is 0. The Balaban J connectivity index is 1.57. The van der Waals surface area contributed by atoms with Crippen molar-refractivity contribution in [1.29, 1.82) is 0 Å². The number of halogens is 1. The number of hydrogen-bond acceptors (Lipinski definition) is 3. The van der Waals surface area contributed by atoms with E-state index in [-0.39, 0.29) is 17.8 Å². The highest BCUT2D eigenvalue weighted by molar-refractivity contribution is 5.81. The Morgan fingerprint density at radius 2 is 1.68 bits per heavy atom. The van der Waals surface area contributed by atoms with Gasteiger partial charge in [0.15, 0.2) is 0 Å². The third kappa shape index (κ3) is 3.09. The van der Waals surface area contributed by atoms with Gasteiger partial charge >= 0.3 is 0 Å². The summed E-state index contributed by atoms with van der Waals surface area (Å²) in [5, 5.41) is 0. The minimum Gasteiger partial charge on any atom is -0.367 e. The van der Waals surface area contributed by atoms with E-state index in [1.807, 2.05) is 24.0 Å². The van der Waals surface area contributed by atoms with Crippen molar-refractivity contribution in [2.45, 2.75) is 25.8 Å². The van der Waals surface area contributed by atoms with Crippen molar-refractivity contribution >= 4 is 11.6 Å². The second kappa shape index (κ2) is 6.65. The molecule has 0 aliphatic carbocycles. The highest BCUT2D eigenvalue weighted by Crippen LogP contribution is 2.21. The number of benzene rings is 1. The molecule has 4 nitrogen and oxygen atoms in total. The molecule has 3 rings (SSSR count). The maximum absolute atomic E-state index is 13.8. The van der Waals surface area contributed by atoms with E-state index in [2.05, 4.69) is 9.80 Å². The van der Waals surface area contributed by atoms with E-state index in [9.17, 15) is 9.18 Å². The Hall–Kier alpha value is -1.62. The number of amides is 1. The molecule has 2 aliphatic heterocycles. The van der Waals surface area contributed by atoms with Gasteiger partial charge in [0.05, 0.1) is 11.7 Å². The largest absolute Gasteiger partial charge is 0.367 e. The highest BCUT2D eigenvalue weighted by atomic mass is 19.1. The van der Waals surface area contributed by atoms with Crippen LogP contribution >= 0.6 is 0 Å². The smallest absolute Gasteiger partial charge is 0.239 e. The Morgan fingerprint density at radius 1 is 1.05 bits per heavy atom. The average Bonchev–Trinajstić information content (AvgIpc) is 3.09. The maximum Gasteiger partial charge on any atom is 0.239 e. The van der Waals surface area contributed by atoms with Gasteiger partial charge < -0.3 is 9.80 Å². The number of piperazine rings is 1. The second-order valence-corrected chi connectivity index (χ2v) is 6.18. The van der Waals surface area contributed by atoms with Crippen molar-refractivity contribution in [2.24, 2.45) is 0 Å². The molecule has 2 fully saturated rings. The molecule has 0 aromatic heterocycles. The van der Waals surface area contributed by atoms with E-state index >= 15 is 0 Å². The zero-order chi connectivity index (χ0) is 15.5. The highest BCUT2D eigenvalue weighted by Gasteiger charge is 2.30. The molecule has 2 heterocycles. The molecule has 0 N–H and O–H groups in total. The van der Waals surface area contributed by atoms with Gasteiger partial charge in [0, 0.05) is 39.3 Å². The van der Waals surface area contributed by atoms with Gasteiger partial charge in [-0.15, -0.1) is 0 Å². The summed E-state index contributed by atoms with van der Waals surface area (Å²) in [5.74, 6) is 0.0778. The minimum absolute atomic E-state index is 0.0686. The van der Waals surface area contributed by atoms with Crippen LogP contribution in [0, 0.1) is 5.82 Å². The standard InChI is InChI=1S/C17H24FN3O/c1-14(17(22)21-8-4-5-9-21)19-10-12-20(13-11-19)16-7-3-2-6-15(16)18/h2-3,6-7,14H,4-5,8-13H2,1H3/t14-/m1/s1. The minimum atomic E-state index is -0.169. The summed E-state index contributed by atoms with van der Waals surface area (Å²) in [6.07, 6.45) is 2.25. The van der Waals surface area contributed by atoms with Crippen LogP contribution in [0.15, 0.2) is 24.3 Å². The lowest BCUT2D eigenvalue weighted by Gasteiger charge is -2.39. The SMILES string of the molecule is C[C@H](C(=O)N1CCCC1)N1CCN(c2ccccc2F)CC1. The average molecular weight is 305 g/mol. The van der Waals surface area contributed by atoms with Crippen molar-refractivity contribution < 1.29 is 9.18 Å². The Morgan fingerprint density at radius 3 is 2.32 bits per heavy atom. The first-order valence-corrected chi connectivity index (χ1v) is 8.19. The number of carbonyl (C=O) groups excluding carboxylic acids is 1. The number of carbonyl (C=O) groups is 1. The first-order chi connectivity index (χ1) is 10.7. The predicted octanol–water partition coefficient (Wildman–Crippen LogP) is 1.96. The molecule has 1 atom stereocenters. The first-order valence-electron chi connectivity index (χ1n) is 8.19. The van der Waals surface area contributed by atoms with Gasteiger partial charge in [-0.05, 0) is 31.9 Å². The van der Waals surface area contributed by atoms with Crippen molar-refractivity contribution in [2.75, 3.05) is 44.2 Å². The topological polar surface area (TPSA) is 26.8 Å². The number of rotatable bonds is 3. The van der Waals surface area contributed by atoms with Crippen molar-refractivity contribution in [3.8, 4) is 0 Å². The van der Waals surface area contributed by atoms with E-state index in [1.54, 1.807) is 6.07 Å². The van der Waals surface area contributed by atoms with Crippen LogP contribution in [0.25, 0.3) is 0 Å². The fourth-order valence-corrected chi connectivity index (χ4v) is 3.42. The van der Waals surface area contributed by atoms with Gasteiger partial charge in [-0.25, -0.2) is 4.39 Å². The van der Waals surface area contributed by atoms with Crippen LogP contribution in [-0.4, -0.2) is 61.0 Å². The molecule has 0 spiro atoms. The monoisotopic (exact) mass is 305 g/mol. The van der Waals surface area contributed by atoms with Crippen LogP contribution in [0.4, 0.5) is 10.1 Å². The van der Waals surface area contributed by atoms with Crippen LogP contribution in [0.1, 0.15) is 19.8 Å².